The zero-order valence-corrected chi connectivity index (χ0v) is 12.6. The second-order valence-electron chi connectivity index (χ2n) is 5.43. The molecule has 0 aliphatic carbocycles. The van der Waals surface area contributed by atoms with E-state index in [1.165, 1.54) is 22.6 Å². The highest BCUT2D eigenvalue weighted by atomic mass is 19.1. The molecular weight excluding hydrogens is 298 g/mol. The lowest BCUT2D eigenvalue weighted by atomic mass is 9.98. The number of hydrogen-bond donors (Lipinski definition) is 1. The van der Waals surface area contributed by atoms with E-state index in [4.69, 9.17) is 5.73 Å². The average Bonchev–Trinajstić information content (AvgIpc) is 2.51. The number of halogens is 2. The van der Waals surface area contributed by atoms with Crippen molar-refractivity contribution in [2.24, 2.45) is 5.73 Å². The lowest BCUT2D eigenvalue weighted by molar-refractivity contribution is 0.605. The summed E-state index contributed by atoms with van der Waals surface area (Å²) in [6.07, 6.45) is 0.480. The van der Waals surface area contributed by atoms with Crippen molar-refractivity contribution in [2.75, 3.05) is 6.54 Å². The number of aromatic nitrogens is 1. The summed E-state index contributed by atoms with van der Waals surface area (Å²) < 4.78 is 28.7. The molecule has 0 fully saturated rings. The van der Waals surface area contributed by atoms with E-state index < -0.39 is 11.6 Å². The molecular formula is C18H16F2N2O. The molecule has 0 aliphatic heterocycles. The molecule has 3 nitrogen and oxygen atoms in total. The first kappa shape index (κ1) is 15.4. The van der Waals surface area contributed by atoms with Crippen LogP contribution >= 0.6 is 0 Å². The molecule has 3 rings (SSSR count). The minimum atomic E-state index is -0.462. The molecule has 0 unspecified atom stereocenters. The van der Waals surface area contributed by atoms with Crippen molar-refractivity contribution in [3.63, 3.8) is 0 Å². The normalized spacial score (nSPS) is 11.1. The van der Waals surface area contributed by atoms with E-state index in [9.17, 15) is 13.6 Å². The van der Waals surface area contributed by atoms with Gasteiger partial charge in [0.15, 0.2) is 0 Å². The summed E-state index contributed by atoms with van der Waals surface area (Å²) in [6.45, 7) is 1.90. The van der Waals surface area contributed by atoms with Gasteiger partial charge in [0.05, 0.1) is 11.3 Å². The Morgan fingerprint density at radius 2 is 1.91 bits per heavy atom. The molecule has 2 aromatic heterocycles. The van der Waals surface area contributed by atoms with Gasteiger partial charge in [0, 0.05) is 5.52 Å². The number of nitrogens with two attached hydrogens (primary N) is 1. The van der Waals surface area contributed by atoms with Crippen LogP contribution in [0.3, 0.4) is 0 Å². The van der Waals surface area contributed by atoms with E-state index >= 15 is 0 Å². The number of fused-ring (bicyclic) bond motifs is 1. The summed E-state index contributed by atoms with van der Waals surface area (Å²) in [6, 6.07) is 10.5. The van der Waals surface area contributed by atoms with Gasteiger partial charge < -0.3 is 5.73 Å². The van der Waals surface area contributed by atoms with Crippen LogP contribution in [0.4, 0.5) is 8.78 Å². The Labute approximate surface area is 132 Å². The summed E-state index contributed by atoms with van der Waals surface area (Å²) in [4.78, 5) is 12.9. The van der Waals surface area contributed by atoms with Gasteiger partial charge >= 0.3 is 0 Å². The van der Waals surface area contributed by atoms with E-state index in [2.05, 4.69) is 0 Å². The van der Waals surface area contributed by atoms with Crippen molar-refractivity contribution < 1.29 is 8.78 Å². The van der Waals surface area contributed by atoms with E-state index in [1.807, 2.05) is 0 Å². The number of aryl methyl sites for hydroxylation is 1. The number of benzene rings is 1. The third-order valence-electron chi connectivity index (χ3n) is 3.93. The summed E-state index contributed by atoms with van der Waals surface area (Å²) in [7, 11) is 0. The predicted molar refractivity (Wildman–Crippen MR) is 86.5 cm³/mol. The minimum absolute atomic E-state index is 0.226. The van der Waals surface area contributed by atoms with E-state index in [0.717, 1.165) is 5.56 Å². The third kappa shape index (κ3) is 2.64. The summed E-state index contributed by atoms with van der Waals surface area (Å²) in [5.74, 6) is -0.891. The lowest BCUT2D eigenvalue weighted by Crippen LogP contribution is -2.21. The van der Waals surface area contributed by atoms with Gasteiger partial charge in [-0.15, -0.1) is 0 Å². The van der Waals surface area contributed by atoms with Gasteiger partial charge in [-0.25, -0.2) is 8.78 Å². The topological polar surface area (TPSA) is 47.5 Å². The molecule has 3 aromatic rings. The number of nitrogens with zero attached hydrogens (tertiary/aromatic N) is 1. The first-order valence-corrected chi connectivity index (χ1v) is 7.32. The van der Waals surface area contributed by atoms with E-state index in [1.54, 1.807) is 31.2 Å². The number of pyridine rings is 2. The highest BCUT2D eigenvalue weighted by Crippen LogP contribution is 2.23. The smallest absolute Gasteiger partial charge is 0.263 e. The van der Waals surface area contributed by atoms with Crippen LogP contribution in [0.5, 0.6) is 0 Å². The second-order valence-corrected chi connectivity index (χ2v) is 5.43. The quantitative estimate of drug-likeness (QED) is 0.808. The Morgan fingerprint density at radius 3 is 2.61 bits per heavy atom. The SMILES string of the molecule is Cc1c(F)ccc2cc(CCN)c(-c3cccc(F)c3)c(=O)n12. The van der Waals surface area contributed by atoms with Crippen LogP contribution in [0, 0.1) is 18.6 Å². The fourth-order valence-electron chi connectivity index (χ4n) is 2.84. The van der Waals surface area contributed by atoms with Crippen molar-refractivity contribution in [1.82, 2.24) is 4.40 Å². The highest BCUT2D eigenvalue weighted by molar-refractivity contribution is 5.70. The van der Waals surface area contributed by atoms with Gasteiger partial charge in [0.25, 0.3) is 5.56 Å². The van der Waals surface area contributed by atoms with Crippen LogP contribution in [0.25, 0.3) is 16.6 Å². The minimum Gasteiger partial charge on any atom is -0.330 e. The van der Waals surface area contributed by atoms with Crippen molar-refractivity contribution in [3.8, 4) is 11.1 Å². The van der Waals surface area contributed by atoms with Crippen molar-refractivity contribution in [3.05, 3.63) is 75.7 Å². The van der Waals surface area contributed by atoms with Gasteiger partial charge in [-0.3, -0.25) is 9.20 Å². The Balaban J connectivity index is 2.43. The molecule has 0 radical (unpaired) electrons. The molecule has 0 atom stereocenters. The fraction of sp³-hybridized carbons (Fsp3) is 0.167. The molecule has 0 saturated heterocycles. The predicted octanol–water partition coefficient (Wildman–Crippen LogP) is 3.05. The average molecular weight is 314 g/mol. The number of rotatable bonds is 3. The summed E-state index contributed by atoms with van der Waals surface area (Å²) >= 11 is 0. The molecule has 5 heteroatoms. The van der Waals surface area contributed by atoms with E-state index in [-0.39, 0.29) is 11.3 Å². The van der Waals surface area contributed by atoms with Crippen LogP contribution in [0.1, 0.15) is 11.3 Å². The third-order valence-corrected chi connectivity index (χ3v) is 3.93. The van der Waals surface area contributed by atoms with Gasteiger partial charge in [0.1, 0.15) is 11.6 Å². The maximum atomic E-state index is 13.8. The first-order valence-electron chi connectivity index (χ1n) is 7.32. The maximum absolute atomic E-state index is 13.8. The van der Waals surface area contributed by atoms with Gasteiger partial charge in [-0.2, -0.15) is 0 Å². The molecule has 0 amide bonds. The van der Waals surface area contributed by atoms with Crippen LogP contribution in [-0.4, -0.2) is 10.9 Å². The van der Waals surface area contributed by atoms with Gasteiger partial charge in [0.2, 0.25) is 0 Å². The summed E-state index contributed by atoms with van der Waals surface area (Å²) in [5.41, 5.74) is 7.66. The second kappa shape index (κ2) is 5.93. The van der Waals surface area contributed by atoms with Crippen LogP contribution in [0.2, 0.25) is 0 Å². The molecule has 2 heterocycles. The Bertz CT molecular complexity index is 948. The van der Waals surface area contributed by atoms with Gasteiger partial charge in [-0.05, 0) is 61.3 Å². The molecule has 0 bridgehead atoms. The van der Waals surface area contributed by atoms with Crippen LogP contribution in [-0.2, 0) is 6.42 Å². The van der Waals surface area contributed by atoms with Crippen molar-refractivity contribution in [1.29, 1.82) is 0 Å². The molecule has 2 N–H and O–H groups in total. The Morgan fingerprint density at radius 1 is 1.13 bits per heavy atom. The standard InChI is InChI=1S/C18H16F2N2O/c1-11-16(20)6-5-15-10-13(7-8-21)17(18(23)22(11)15)12-3-2-4-14(19)9-12/h2-6,9-10H,7-8,21H2,1H3. The van der Waals surface area contributed by atoms with Gasteiger partial charge in [-0.1, -0.05) is 12.1 Å². The Kier molecular flexibility index (Phi) is 3.96. The molecule has 0 aliphatic rings. The molecule has 0 saturated carbocycles. The molecule has 23 heavy (non-hydrogen) atoms. The largest absolute Gasteiger partial charge is 0.330 e. The zero-order chi connectivity index (χ0) is 16.6. The Hall–Kier alpha value is -2.53. The van der Waals surface area contributed by atoms with Crippen LogP contribution < -0.4 is 11.3 Å². The maximum Gasteiger partial charge on any atom is 0.263 e. The fourth-order valence-corrected chi connectivity index (χ4v) is 2.84. The first-order chi connectivity index (χ1) is 11.0. The van der Waals surface area contributed by atoms with Crippen LogP contribution in [0.15, 0.2) is 47.3 Å². The van der Waals surface area contributed by atoms with E-state index in [0.29, 0.717) is 29.6 Å². The zero-order valence-electron chi connectivity index (χ0n) is 12.6. The van der Waals surface area contributed by atoms with Crippen molar-refractivity contribution in [2.45, 2.75) is 13.3 Å². The molecule has 0 spiro atoms. The van der Waals surface area contributed by atoms with Crippen molar-refractivity contribution >= 4 is 5.52 Å². The lowest BCUT2D eigenvalue weighted by Gasteiger charge is -2.14. The summed E-state index contributed by atoms with van der Waals surface area (Å²) in [5, 5.41) is 0. The molecule has 1 aromatic carbocycles. The highest BCUT2D eigenvalue weighted by Gasteiger charge is 2.15. The molecule has 118 valence electrons. The monoisotopic (exact) mass is 314 g/mol. The number of hydrogen-bond acceptors (Lipinski definition) is 2.